The molecule has 1 aliphatic rings. The van der Waals surface area contributed by atoms with E-state index >= 15 is 0 Å². The first kappa shape index (κ1) is 24.3. The maximum absolute atomic E-state index is 12.8. The number of Topliss-reactive ketones (excluding diaryl/α,β-unsaturated/α-hetero) is 3. The number of carbonyl (C=O) groups is 4. The summed E-state index contributed by atoms with van der Waals surface area (Å²) in [5, 5.41) is 0. The molecule has 0 aliphatic carbocycles. The van der Waals surface area contributed by atoms with Crippen LogP contribution in [0, 0.1) is 13.8 Å². The SMILES string of the molecule is Cc1cc(C(=O)COC(=O)c2ccc(C(=O)C(=O)c3ccccc3)cc2)c(C)n1CC1CCCO1. The summed E-state index contributed by atoms with van der Waals surface area (Å²) < 4.78 is 13.0. The van der Waals surface area contributed by atoms with Crippen LogP contribution in [0.15, 0.2) is 60.7 Å². The van der Waals surface area contributed by atoms with Crippen molar-refractivity contribution in [1.82, 2.24) is 4.57 Å². The van der Waals surface area contributed by atoms with Gasteiger partial charge in [0.2, 0.25) is 17.3 Å². The molecule has 7 heteroatoms. The van der Waals surface area contributed by atoms with Crippen molar-refractivity contribution in [2.45, 2.75) is 39.3 Å². The van der Waals surface area contributed by atoms with Gasteiger partial charge in [-0.25, -0.2) is 4.79 Å². The van der Waals surface area contributed by atoms with Crippen LogP contribution < -0.4 is 0 Å². The first-order valence-corrected chi connectivity index (χ1v) is 11.6. The molecule has 0 bridgehead atoms. The zero-order valence-electron chi connectivity index (χ0n) is 19.8. The van der Waals surface area contributed by atoms with E-state index < -0.39 is 24.1 Å². The molecule has 0 saturated carbocycles. The number of hydrogen-bond acceptors (Lipinski definition) is 6. The third-order valence-corrected chi connectivity index (χ3v) is 6.24. The van der Waals surface area contributed by atoms with E-state index in [1.165, 1.54) is 24.3 Å². The molecule has 0 amide bonds. The highest BCUT2D eigenvalue weighted by molar-refractivity contribution is 6.49. The Morgan fingerprint density at radius 2 is 1.54 bits per heavy atom. The van der Waals surface area contributed by atoms with Crippen LogP contribution in [0.25, 0.3) is 0 Å². The quantitative estimate of drug-likeness (QED) is 0.260. The third kappa shape index (κ3) is 5.46. The topological polar surface area (TPSA) is 91.7 Å². The number of rotatable bonds is 9. The summed E-state index contributed by atoms with van der Waals surface area (Å²) >= 11 is 0. The van der Waals surface area contributed by atoms with E-state index in [1.54, 1.807) is 30.3 Å². The Balaban J connectivity index is 1.36. The largest absolute Gasteiger partial charge is 0.454 e. The number of ketones is 3. The van der Waals surface area contributed by atoms with Crippen molar-refractivity contribution in [2.24, 2.45) is 0 Å². The lowest BCUT2D eigenvalue weighted by atomic mass is 10.0. The van der Waals surface area contributed by atoms with Crippen molar-refractivity contribution in [2.75, 3.05) is 13.2 Å². The summed E-state index contributed by atoms with van der Waals surface area (Å²) in [7, 11) is 0. The summed E-state index contributed by atoms with van der Waals surface area (Å²) in [5.74, 6) is -2.25. The van der Waals surface area contributed by atoms with Crippen LogP contribution in [0.1, 0.15) is 65.7 Å². The molecule has 35 heavy (non-hydrogen) atoms. The second-order valence-corrected chi connectivity index (χ2v) is 8.63. The minimum absolute atomic E-state index is 0.151. The molecule has 0 spiro atoms. The average Bonchev–Trinajstić information content (AvgIpc) is 3.50. The lowest BCUT2D eigenvalue weighted by molar-refractivity contribution is 0.0474. The van der Waals surface area contributed by atoms with Gasteiger partial charge in [0.1, 0.15) is 0 Å². The molecular formula is C28H27NO6. The number of benzene rings is 2. The number of esters is 1. The third-order valence-electron chi connectivity index (χ3n) is 6.24. The van der Waals surface area contributed by atoms with E-state index in [1.807, 2.05) is 19.9 Å². The molecule has 0 radical (unpaired) electrons. The fraction of sp³-hybridized carbons (Fsp3) is 0.286. The minimum Gasteiger partial charge on any atom is -0.454 e. The zero-order valence-corrected chi connectivity index (χ0v) is 19.8. The van der Waals surface area contributed by atoms with E-state index in [9.17, 15) is 19.2 Å². The highest BCUT2D eigenvalue weighted by atomic mass is 16.5. The van der Waals surface area contributed by atoms with Crippen LogP contribution in [-0.2, 0) is 16.0 Å². The van der Waals surface area contributed by atoms with Gasteiger partial charge in [-0.15, -0.1) is 0 Å². The molecule has 0 N–H and O–H groups in total. The molecule has 1 fully saturated rings. The molecule has 180 valence electrons. The van der Waals surface area contributed by atoms with Crippen LogP contribution in [0.2, 0.25) is 0 Å². The van der Waals surface area contributed by atoms with Gasteiger partial charge in [-0.05, 0) is 44.9 Å². The number of carbonyl (C=O) groups excluding carboxylic acids is 4. The normalized spacial score (nSPS) is 15.1. The number of aryl methyl sites for hydroxylation is 1. The molecule has 1 aliphatic heterocycles. The second kappa shape index (κ2) is 10.6. The standard InChI is InChI=1S/C28H27NO6/c1-18-15-24(19(2)29(18)16-23-9-6-14-34-23)25(30)17-35-28(33)22-12-10-21(11-13-22)27(32)26(31)20-7-4-3-5-8-20/h3-5,7-8,10-13,15,23H,6,9,14,16-17H2,1-2H3. The van der Waals surface area contributed by atoms with E-state index in [0.717, 1.165) is 30.8 Å². The maximum atomic E-state index is 12.8. The molecular weight excluding hydrogens is 446 g/mol. The average molecular weight is 474 g/mol. The van der Waals surface area contributed by atoms with Crippen LogP contribution >= 0.6 is 0 Å². The Hall–Kier alpha value is -3.84. The first-order chi connectivity index (χ1) is 16.8. The van der Waals surface area contributed by atoms with Crippen LogP contribution in [0.4, 0.5) is 0 Å². The molecule has 7 nitrogen and oxygen atoms in total. The lowest BCUT2D eigenvalue weighted by Gasteiger charge is -2.14. The monoisotopic (exact) mass is 473 g/mol. The van der Waals surface area contributed by atoms with Crippen molar-refractivity contribution in [3.05, 3.63) is 94.3 Å². The van der Waals surface area contributed by atoms with Gasteiger partial charge in [0, 0.05) is 41.2 Å². The number of nitrogens with zero attached hydrogens (tertiary/aromatic N) is 1. The van der Waals surface area contributed by atoms with E-state index in [4.69, 9.17) is 9.47 Å². The van der Waals surface area contributed by atoms with Crippen molar-refractivity contribution in [1.29, 1.82) is 0 Å². The lowest BCUT2D eigenvalue weighted by Crippen LogP contribution is -2.18. The van der Waals surface area contributed by atoms with Gasteiger partial charge in [-0.1, -0.05) is 42.5 Å². The maximum Gasteiger partial charge on any atom is 0.338 e. The van der Waals surface area contributed by atoms with Crippen molar-refractivity contribution < 1.29 is 28.7 Å². The predicted octanol–water partition coefficient (Wildman–Crippen LogP) is 4.39. The number of hydrogen-bond donors (Lipinski definition) is 0. The van der Waals surface area contributed by atoms with Crippen molar-refractivity contribution in [3.8, 4) is 0 Å². The van der Waals surface area contributed by atoms with Gasteiger partial charge in [0.25, 0.3) is 0 Å². The van der Waals surface area contributed by atoms with Gasteiger partial charge >= 0.3 is 5.97 Å². The summed E-state index contributed by atoms with van der Waals surface area (Å²) in [5.41, 5.74) is 2.96. The Labute approximate surface area is 203 Å². The van der Waals surface area contributed by atoms with Gasteiger partial charge < -0.3 is 14.0 Å². The van der Waals surface area contributed by atoms with Crippen LogP contribution in [-0.4, -0.2) is 47.2 Å². The predicted molar refractivity (Wildman–Crippen MR) is 129 cm³/mol. The first-order valence-electron chi connectivity index (χ1n) is 11.6. The van der Waals surface area contributed by atoms with Gasteiger partial charge in [-0.3, -0.25) is 14.4 Å². The summed E-state index contributed by atoms with van der Waals surface area (Å²) in [4.78, 5) is 50.0. The molecule has 1 aromatic heterocycles. The number of ether oxygens (including phenoxy) is 2. The van der Waals surface area contributed by atoms with Gasteiger partial charge in [0.05, 0.1) is 11.7 Å². The fourth-order valence-corrected chi connectivity index (χ4v) is 4.26. The summed E-state index contributed by atoms with van der Waals surface area (Å²) in [6.45, 7) is 4.89. The van der Waals surface area contributed by atoms with Gasteiger partial charge in [0.15, 0.2) is 6.61 Å². The fourth-order valence-electron chi connectivity index (χ4n) is 4.26. The van der Waals surface area contributed by atoms with Crippen LogP contribution in [0.3, 0.4) is 0 Å². The molecule has 2 aromatic carbocycles. The second-order valence-electron chi connectivity index (χ2n) is 8.63. The molecule has 3 aromatic rings. The minimum atomic E-state index is -0.681. The smallest absolute Gasteiger partial charge is 0.338 e. The summed E-state index contributed by atoms with van der Waals surface area (Å²) in [6, 6.07) is 15.7. The number of aromatic nitrogens is 1. The Morgan fingerprint density at radius 1 is 0.914 bits per heavy atom. The molecule has 1 atom stereocenters. The summed E-state index contributed by atoms with van der Waals surface area (Å²) in [6.07, 6.45) is 2.20. The van der Waals surface area contributed by atoms with Crippen molar-refractivity contribution >= 4 is 23.3 Å². The molecule has 1 saturated heterocycles. The molecule has 1 unspecified atom stereocenters. The zero-order chi connectivity index (χ0) is 24.9. The highest BCUT2D eigenvalue weighted by Crippen LogP contribution is 2.21. The van der Waals surface area contributed by atoms with E-state index in [-0.39, 0.29) is 23.0 Å². The van der Waals surface area contributed by atoms with Gasteiger partial charge in [-0.2, -0.15) is 0 Å². The molecule has 2 heterocycles. The van der Waals surface area contributed by atoms with E-state index in [0.29, 0.717) is 17.7 Å². The van der Waals surface area contributed by atoms with Crippen LogP contribution in [0.5, 0.6) is 0 Å². The highest BCUT2D eigenvalue weighted by Gasteiger charge is 2.22. The van der Waals surface area contributed by atoms with Crippen molar-refractivity contribution in [3.63, 3.8) is 0 Å². The Morgan fingerprint density at radius 3 is 2.17 bits per heavy atom. The van der Waals surface area contributed by atoms with E-state index in [2.05, 4.69) is 4.57 Å². The molecule has 4 rings (SSSR count). The Kier molecular flexibility index (Phi) is 7.36. The Bertz CT molecular complexity index is 1250.